The van der Waals surface area contributed by atoms with E-state index < -0.39 is 12.0 Å². The third-order valence-electron chi connectivity index (χ3n) is 2.55. The minimum atomic E-state index is -0.562. The summed E-state index contributed by atoms with van der Waals surface area (Å²) < 4.78 is 0. The smallest absolute Gasteiger partial charge is 0.339 e. The van der Waals surface area contributed by atoms with Gasteiger partial charge in [-0.05, 0) is 25.5 Å². The molecule has 2 N–H and O–H groups in total. The summed E-state index contributed by atoms with van der Waals surface area (Å²) in [7, 11) is 0. The van der Waals surface area contributed by atoms with Crippen molar-refractivity contribution in [1.29, 1.82) is 0 Å². The van der Waals surface area contributed by atoms with E-state index in [1.807, 2.05) is 19.1 Å². The Morgan fingerprint density at radius 1 is 1.16 bits per heavy atom. The van der Waals surface area contributed by atoms with Crippen molar-refractivity contribution in [3.05, 3.63) is 29.8 Å². The highest BCUT2D eigenvalue weighted by Crippen LogP contribution is 2.08. The number of aryl methyl sites for hydroxylation is 1. The molecular formula is C14H20N2O3. The van der Waals surface area contributed by atoms with Crippen LogP contribution in [0.4, 0.5) is 10.5 Å². The second kappa shape index (κ2) is 8.13. The van der Waals surface area contributed by atoms with Gasteiger partial charge in [-0.25, -0.2) is 9.59 Å². The standard InChI is InChI=1S/C14H20N2O3/c1-3-4-5-6-13(17)19-16-14(18)15-12-9-7-11(2)8-10-12/h7-10H,3-6H2,1-2H3,(H2,15,16,18). The van der Waals surface area contributed by atoms with Gasteiger partial charge in [0.05, 0.1) is 0 Å². The first-order chi connectivity index (χ1) is 9.11. The SMILES string of the molecule is CCCCCC(=O)ONC(=O)Nc1ccc(C)cc1. The largest absolute Gasteiger partial charge is 0.352 e. The maximum atomic E-state index is 11.4. The molecule has 0 spiro atoms. The van der Waals surface area contributed by atoms with E-state index in [4.69, 9.17) is 0 Å². The Balaban J connectivity index is 2.24. The number of benzene rings is 1. The molecule has 19 heavy (non-hydrogen) atoms. The summed E-state index contributed by atoms with van der Waals surface area (Å²) in [6.45, 7) is 4.01. The number of amides is 2. The minimum Gasteiger partial charge on any atom is -0.339 e. The summed E-state index contributed by atoms with van der Waals surface area (Å²) in [6, 6.07) is 6.75. The minimum absolute atomic E-state index is 0.318. The van der Waals surface area contributed by atoms with Crippen LogP contribution >= 0.6 is 0 Å². The molecule has 0 radical (unpaired) electrons. The van der Waals surface area contributed by atoms with Gasteiger partial charge in [-0.15, -0.1) is 0 Å². The molecule has 5 nitrogen and oxygen atoms in total. The van der Waals surface area contributed by atoms with E-state index in [1.54, 1.807) is 12.1 Å². The van der Waals surface area contributed by atoms with Crippen LogP contribution in [0.5, 0.6) is 0 Å². The lowest BCUT2D eigenvalue weighted by atomic mass is 10.2. The molecular weight excluding hydrogens is 244 g/mol. The van der Waals surface area contributed by atoms with Gasteiger partial charge in [-0.1, -0.05) is 37.5 Å². The van der Waals surface area contributed by atoms with Gasteiger partial charge in [0, 0.05) is 12.1 Å². The Morgan fingerprint density at radius 3 is 2.47 bits per heavy atom. The zero-order valence-electron chi connectivity index (χ0n) is 11.4. The molecule has 1 aromatic rings. The molecule has 104 valence electrons. The highest BCUT2D eigenvalue weighted by molar-refractivity contribution is 5.89. The third-order valence-corrected chi connectivity index (χ3v) is 2.55. The number of hydrogen-bond acceptors (Lipinski definition) is 3. The van der Waals surface area contributed by atoms with Gasteiger partial charge in [-0.3, -0.25) is 0 Å². The summed E-state index contributed by atoms with van der Waals surface area (Å²) in [4.78, 5) is 27.3. The van der Waals surface area contributed by atoms with Gasteiger partial charge in [0.25, 0.3) is 0 Å². The molecule has 0 aliphatic rings. The first kappa shape index (κ1) is 15.0. The van der Waals surface area contributed by atoms with Gasteiger partial charge in [0.2, 0.25) is 0 Å². The second-order valence-electron chi connectivity index (χ2n) is 4.35. The zero-order chi connectivity index (χ0) is 14.1. The predicted molar refractivity (Wildman–Crippen MR) is 73.6 cm³/mol. The van der Waals surface area contributed by atoms with Crippen LogP contribution in [0, 0.1) is 6.92 Å². The van der Waals surface area contributed by atoms with Crippen LogP contribution in [0.25, 0.3) is 0 Å². The number of unbranched alkanes of at least 4 members (excludes halogenated alkanes) is 2. The lowest BCUT2D eigenvalue weighted by Crippen LogP contribution is -2.31. The highest BCUT2D eigenvalue weighted by Gasteiger charge is 2.06. The molecule has 0 unspecified atom stereocenters. The third kappa shape index (κ3) is 6.45. The summed E-state index contributed by atoms with van der Waals surface area (Å²) in [5, 5.41) is 2.56. The van der Waals surface area contributed by atoms with Crippen LogP contribution < -0.4 is 10.8 Å². The van der Waals surface area contributed by atoms with E-state index in [0.29, 0.717) is 12.1 Å². The van der Waals surface area contributed by atoms with Crippen LogP contribution in [0.1, 0.15) is 38.2 Å². The number of carbonyl (C=O) groups is 2. The first-order valence-electron chi connectivity index (χ1n) is 6.45. The van der Waals surface area contributed by atoms with Crippen molar-refractivity contribution < 1.29 is 14.4 Å². The normalized spacial score (nSPS) is 9.79. The molecule has 0 heterocycles. The molecule has 1 rings (SSSR count). The Kier molecular flexibility index (Phi) is 6.43. The van der Waals surface area contributed by atoms with Crippen molar-refractivity contribution in [2.45, 2.75) is 39.5 Å². The quantitative estimate of drug-likeness (QED) is 0.634. The van der Waals surface area contributed by atoms with Crippen LogP contribution in [-0.2, 0) is 9.63 Å². The number of anilines is 1. The van der Waals surface area contributed by atoms with Crippen LogP contribution in [0.2, 0.25) is 0 Å². The topological polar surface area (TPSA) is 67.4 Å². The fourth-order valence-corrected chi connectivity index (χ4v) is 1.47. The molecule has 0 aliphatic heterocycles. The number of carbonyl (C=O) groups excluding carboxylic acids is 2. The molecule has 0 atom stereocenters. The lowest BCUT2D eigenvalue weighted by molar-refractivity contribution is -0.148. The molecule has 0 aliphatic carbocycles. The first-order valence-corrected chi connectivity index (χ1v) is 6.45. The summed E-state index contributed by atoms with van der Waals surface area (Å²) in [6.07, 6.45) is 3.11. The molecule has 5 heteroatoms. The summed E-state index contributed by atoms with van der Waals surface area (Å²) in [5.41, 5.74) is 3.82. The number of rotatable bonds is 5. The van der Waals surface area contributed by atoms with E-state index in [-0.39, 0.29) is 0 Å². The van der Waals surface area contributed by atoms with Crippen molar-refractivity contribution in [3.63, 3.8) is 0 Å². The van der Waals surface area contributed by atoms with Crippen LogP contribution in [0.15, 0.2) is 24.3 Å². The number of hydrogen-bond donors (Lipinski definition) is 2. The van der Waals surface area contributed by atoms with Gasteiger partial charge in [-0.2, -0.15) is 5.48 Å². The van der Waals surface area contributed by atoms with Crippen molar-refractivity contribution in [2.24, 2.45) is 0 Å². The maximum Gasteiger partial charge on any atom is 0.352 e. The summed E-state index contributed by atoms with van der Waals surface area (Å²) >= 11 is 0. The second-order valence-corrected chi connectivity index (χ2v) is 4.35. The predicted octanol–water partition coefficient (Wildman–Crippen LogP) is 3.16. The van der Waals surface area contributed by atoms with Gasteiger partial charge >= 0.3 is 12.0 Å². The molecule has 1 aromatic carbocycles. The van der Waals surface area contributed by atoms with Gasteiger partial charge in [0.15, 0.2) is 0 Å². The van der Waals surface area contributed by atoms with E-state index >= 15 is 0 Å². The number of hydroxylamine groups is 1. The Hall–Kier alpha value is -2.04. The summed E-state index contributed by atoms with van der Waals surface area (Å²) in [5.74, 6) is -0.424. The average Bonchev–Trinajstić information content (AvgIpc) is 2.39. The average molecular weight is 264 g/mol. The fraction of sp³-hybridized carbons (Fsp3) is 0.429. The van der Waals surface area contributed by atoms with E-state index in [9.17, 15) is 9.59 Å². The molecule has 2 amide bonds. The van der Waals surface area contributed by atoms with Crippen molar-refractivity contribution in [3.8, 4) is 0 Å². The molecule has 0 saturated heterocycles. The van der Waals surface area contributed by atoms with E-state index in [1.165, 1.54) is 0 Å². The van der Waals surface area contributed by atoms with Crippen LogP contribution in [0.3, 0.4) is 0 Å². The van der Waals surface area contributed by atoms with Crippen molar-refractivity contribution in [1.82, 2.24) is 5.48 Å². The molecule has 0 fully saturated rings. The van der Waals surface area contributed by atoms with E-state index in [2.05, 4.69) is 22.6 Å². The highest BCUT2D eigenvalue weighted by atomic mass is 16.7. The van der Waals surface area contributed by atoms with Crippen molar-refractivity contribution in [2.75, 3.05) is 5.32 Å². The maximum absolute atomic E-state index is 11.4. The Labute approximate surface area is 113 Å². The Morgan fingerprint density at radius 2 is 1.84 bits per heavy atom. The fourth-order valence-electron chi connectivity index (χ4n) is 1.47. The van der Waals surface area contributed by atoms with Gasteiger partial charge < -0.3 is 10.2 Å². The molecule has 0 aromatic heterocycles. The Bertz CT molecular complexity index is 415. The lowest BCUT2D eigenvalue weighted by Gasteiger charge is -2.07. The monoisotopic (exact) mass is 264 g/mol. The van der Waals surface area contributed by atoms with Crippen LogP contribution in [-0.4, -0.2) is 12.0 Å². The molecule has 0 bridgehead atoms. The number of nitrogens with one attached hydrogen (secondary N) is 2. The van der Waals surface area contributed by atoms with E-state index in [0.717, 1.165) is 24.8 Å². The molecule has 0 saturated carbocycles. The number of urea groups is 1. The van der Waals surface area contributed by atoms with Gasteiger partial charge in [0.1, 0.15) is 0 Å². The van der Waals surface area contributed by atoms with Crippen molar-refractivity contribution >= 4 is 17.7 Å². The zero-order valence-corrected chi connectivity index (χ0v) is 11.4.